The molecule has 35 heavy (non-hydrogen) atoms. The number of nitrogens with zero attached hydrogens (tertiary/aromatic N) is 2. The van der Waals surface area contributed by atoms with Crippen molar-refractivity contribution in [1.82, 2.24) is 4.90 Å². The van der Waals surface area contributed by atoms with E-state index in [1.54, 1.807) is 21.3 Å². The van der Waals surface area contributed by atoms with Crippen molar-refractivity contribution in [3.8, 4) is 28.7 Å². The van der Waals surface area contributed by atoms with E-state index in [1.165, 1.54) is 0 Å². The van der Waals surface area contributed by atoms with Gasteiger partial charge < -0.3 is 24.4 Å². The van der Waals surface area contributed by atoms with Crippen molar-refractivity contribution in [3.63, 3.8) is 0 Å². The number of ether oxygens (including phenoxy) is 3. The third kappa shape index (κ3) is 4.10. The largest absolute Gasteiger partial charge is 0.504 e. The molecular weight excluding hydrogens is 444 g/mol. The minimum atomic E-state index is 0.190. The molecular formula is C28H36N2O5. The molecule has 3 heterocycles. The molecule has 1 saturated heterocycles. The Balaban J connectivity index is 1.47. The normalized spacial score (nSPS) is 23.5. The van der Waals surface area contributed by atoms with E-state index in [1.807, 2.05) is 12.1 Å². The molecule has 0 radical (unpaired) electrons. The summed E-state index contributed by atoms with van der Waals surface area (Å²) in [4.78, 5) is 7.52. The van der Waals surface area contributed by atoms with Gasteiger partial charge in [0.1, 0.15) is 0 Å². The Kier molecular flexibility index (Phi) is 6.53. The van der Waals surface area contributed by atoms with Gasteiger partial charge in [0.05, 0.1) is 21.3 Å². The minimum absolute atomic E-state index is 0.190. The van der Waals surface area contributed by atoms with Crippen LogP contribution in [0.5, 0.6) is 28.7 Å². The topological polar surface area (TPSA) is 83.8 Å². The second-order valence-electron chi connectivity index (χ2n) is 9.92. The first-order chi connectivity index (χ1) is 17.0. The summed E-state index contributed by atoms with van der Waals surface area (Å²) < 4.78 is 16.4. The first kappa shape index (κ1) is 23.8. The number of benzene rings is 2. The summed E-state index contributed by atoms with van der Waals surface area (Å²) >= 11 is 0. The number of aromatic hydroxyl groups is 2. The lowest BCUT2D eigenvalue weighted by atomic mass is 9.73. The van der Waals surface area contributed by atoms with Crippen LogP contribution in [-0.4, -0.2) is 61.8 Å². The second-order valence-corrected chi connectivity index (χ2v) is 9.92. The van der Waals surface area contributed by atoms with Crippen molar-refractivity contribution in [1.29, 1.82) is 0 Å². The maximum atomic E-state index is 11.0. The van der Waals surface area contributed by atoms with Gasteiger partial charge in [-0.1, -0.05) is 13.3 Å². The van der Waals surface area contributed by atoms with Crippen LogP contribution in [0.15, 0.2) is 23.2 Å². The highest BCUT2D eigenvalue weighted by atomic mass is 16.5. The van der Waals surface area contributed by atoms with Gasteiger partial charge in [0, 0.05) is 42.5 Å². The molecule has 0 amide bonds. The summed E-state index contributed by atoms with van der Waals surface area (Å²) in [6, 6.07) is 6.08. The Morgan fingerprint density at radius 3 is 2.51 bits per heavy atom. The Hall–Kier alpha value is -2.93. The molecule has 2 N–H and O–H groups in total. The van der Waals surface area contributed by atoms with Gasteiger partial charge in [-0.3, -0.25) is 9.89 Å². The number of methoxy groups -OCH3 is 3. The highest BCUT2D eigenvalue weighted by molar-refractivity contribution is 6.03. The summed E-state index contributed by atoms with van der Waals surface area (Å²) in [7, 11) is 4.77. The second kappa shape index (κ2) is 9.61. The monoisotopic (exact) mass is 480 g/mol. The number of phenols is 2. The first-order valence-electron chi connectivity index (χ1n) is 12.6. The summed E-state index contributed by atoms with van der Waals surface area (Å²) in [5.74, 6) is 2.95. The maximum Gasteiger partial charge on any atom is 0.203 e. The van der Waals surface area contributed by atoms with E-state index in [-0.39, 0.29) is 17.5 Å². The Morgan fingerprint density at radius 1 is 1.00 bits per heavy atom. The van der Waals surface area contributed by atoms with Crippen LogP contribution < -0.4 is 14.2 Å². The number of hydrogen-bond donors (Lipinski definition) is 2. The van der Waals surface area contributed by atoms with E-state index in [4.69, 9.17) is 19.2 Å². The molecule has 7 nitrogen and oxygen atoms in total. The Labute approximate surface area is 207 Å². The van der Waals surface area contributed by atoms with Crippen LogP contribution >= 0.6 is 0 Å². The third-order valence-corrected chi connectivity index (χ3v) is 8.27. The molecule has 0 spiro atoms. The van der Waals surface area contributed by atoms with Crippen molar-refractivity contribution < 1.29 is 24.4 Å². The number of hydrogen-bond acceptors (Lipinski definition) is 7. The maximum absolute atomic E-state index is 11.0. The van der Waals surface area contributed by atoms with E-state index < -0.39 is 0 Å². The average Bonchev–Trinajstić information content (AvgIpc) is 2.87. The first-order valence-corrected chi connectivity index (χ1v) is 12.6. The molecule has 0 saturated carbocycles. The fourth-order valence-corrected chi connectivity index (χ4v) is 6.41. The third-order valence-electron chi connectivity index (χ3n) is 8.27. The van der Waals surface area contributed by atoms with Gasteiger partial charge in [-0.05, 0) is 66.8 Å². The van der Waals surface area contributed by atoms with Crippen LogP contribution in [0.1, 0.15) is 54.5 Å². The zero-order chi connectivity index (χ0) is 24.7. The van der Waals surface area contributed by atoms with Crippen molar-refractivity contribution in [2.24, 2.45) is 16.8 Å². The number of aliphatic imine (C=N–C) groups is 1. The predicted molar refractivity (Wildman–Crippen MR) is 136 cm³/mol. The fraction of sp³-hybridized carbons (Fsp3) is 0.536. The molecule has 3 aliphatic heterocycles. The molecule has 3 atom stereocenters. The SMILES string of the molecule is CC[C@@H]1CN2CCc3c(cc(OC)c(OC)c3O)[C@@H]2C[C@@H]1CC1=NCCc2cc(O)c(OC)cc21. The van der Waals surface area contributed by atoms with Crippen LogP contribution in [0.4, 0.5) is 0 Å². The van der Waals surface area contributed by atoms with Crippen molar-refractivity contribution in [2.75, 3.05) is 41.0 Å². The van der Waals surface area contributed by atoms with Crippen molar-refractivity contribution >= 4 is 5.71 Å². The van der Waals surface area contributed by atoms with E-state index in [0.717, 1.165) is 79.7 Å². The van der Waals surface area contributed by atoms with Gasteiger partial charge in [-0.25, -0.2) is 0 Å². The summed E-state index contributed by atoms with van der Waals surface area (Å²) in [6.45, 7) is 5.01. The molecule has 0 aromatic heterocycles. The van der Waals surface area contributed by atoms with E-state index in [0.29, 0.717) is 29.1 Å². The highest BCUT2D eigenvalue weighted by Crippen LogP contribution is 2.50. The molecule has 0 unspecified atom stereocenters. The molecule has 0 bridgehead atoms. The van der Waals surface area contributed by atoms with Gasteiger partial charge in [-0.15, -0.1) is 0 Å². The average molecular weight is 481 g/mol. The lowest BCUT2D eigenvalue weighted by Gasteiger charge is -2.47. The smallest absolute Gasteiger partial charge is 0.203 e. The molecule has 5 rings (SSSR count). The van der Waals surface area contributed by atoms with Gasteiger partial charge in [-0.2, -0.15) is 0 Å². The number of rotatable bonds is 6. The van der Waals surface area contributed by atoms with Gasteiger partial charge in [0.25, 0.3) is 0 Å². The van der Waals surface area contributed by atoms with E-state index in [9.17, 15) is 10.2 Å². The lowest BCUT2D eigenvalue weighted by Crippen LogP contribution is -2.46. The lowest BCUT2D eigenvalue weighted by molar-refractivity contribution is 0.0541. The van der Waals surface area contributed by atoms with Crippen molar-refractivity contribution in [2.45, 2.75) is 45.1 Å². The quantitative estimate of drug-likeness (QED) is 0.633. The number of fused-ring (bicyclic) bond motifs is 4. The van der Waals surface area contributed by atoms with E-state index in [2.05, 4.69) is 17.9 Å². The molecule has 2 aromatic rings. The summed E-state index contributed by atoms with van der Waals surface area (Å²) in [5.41, 5.74) is 5.51. The Morgan fingerprint density at radius 2 is 1.80 bits per heavy atom. The zero-order valence-electron chi connectivity index (χ0n) is 21.1. The van der Waals surface area contributed by atoms with Crippen LogP contribution in [0.25, 0.3) is 0 Å². The Bertz CT molecular complexity index is 1140. The molecule has 0 aliphatic carbocycles. The molecule has 188 valence electrons. The van der Waals surface area contributed by atoms with Crippen LogP contribution in [-0.2, 0) is 12.8 Å². The van der Waals surface area contributed by atoms with Gasteiger partial charge in [0.2, 0.25) is 5.75 Å². The standard InChI is InChI=1S/C28H36N2O5/c1-5-16-15-30-9-7-19-21(14-26(34-3)28(35-4)27(19)32)23(30)11-18(16)10-22-20-13-25(33-2)24(31)12-17(20)6-8-29-22/h12-14,16,18,23,31-32H,5-11,15H2,1-4H3/t16-,18+,23+/m1/s1. The summed E-state index contributed by atoms with van der Waals surface area (Å²) in [5, 5.41) is 21.2. The molecule has 3 aliphatic rings. The summed E-state index contributed by atoms with van der Waals surface area (Å²) in [6.07, 6.45) is 4.67. The highest BCUT2D eigenvalue weighted by Gasteiger charge is 2.40. The fourth-order valence-electron chi connectivity index (χ4n) is 6.41. The van der Waals surface area contributed by atoms with Crippen LogP contribution in [0.2, 0.25) is 0 Å². The van der Waals surface area contributed by atoms with Gasteiger partial charge >= 0.3 is 0 Å². The predicted octanol–water partition coefficient (Wildman–Crippen LogP) is 4.50. The van der Waals surface area contributed by atoms with Crippen LogP contribution in [0, 0.1) is 11.8 Å². The number of piperidine rings is 1. The van der Waals surface area contributed by atoms with E-state index >= 15 is 0 Å². The van der Waals surface area contributed by atoms with Gasteiger partial charge in [0.15, 0.2) is 23.0 Å². The zero-order valence-corrected chi connectivity index (χ0v) is 21.1. The molecule has 2 aromatic carbocycles. The minimum Gasteiger partial charge on any atom is -0.504 e. The van der Waals surface area contributed by atoms with Crippen molar-refractivity contribution in [3.05, 3.63) is 40.5 Å². The molecule has 7 heteroatoms. The van der Waals surface area contributed by atoms with Crippen LogP contribution in [0.3, 0.4) is 0 Å². The number of phenolic OH excluding ortho intramolecular Hbond substituents is 2. The molecule has 1 fully saturated rings.